The smallest absolute Gasteiger partial charge is 0.328 e. The quantitative estimate of drug-likeness (QED) is 0.379. The van der Waals surface area contributed by atoms with Gasteiger partial charge < -0.3 is 25.5 Å². The first-order chi connectivity index (χ1) is 9.26. The lowest BCUT2D eigenvalue weighted by atomic mass is 10.4. The van der Waals surface area contributed by atoms with E-state index in [2.05, 4.69) is 15.0 Å². The molecule has 0 amide bonds. The number of nitrogens with one attached hydrogen (secondary N) is 1. The molecule has 20 heavy (non-hydrogen) atoms. The highest BCUT2D eigenvalue weighted by atomic mass is 31.2. The van der Waals surface area contributed by atoms with E-state index in [0.717, 1.165) is 11.1 Å². The minimum Gasteiger partial charge on any atom is -0.408 e. The lowest BCUT2D eigenvalue weighted by molar-refractivity contribution is 0.0387. The number of hydrogen-bond acceptors (Lipinski definition) is 7. The monoisotopic (exact) mass is 305 g/mol. The molecule has 12 heteroatoms. The van der Waals surface area contributed by atoms with Crippen LogP contribution in [0, 0.1) is 0 Å². The Morgan fingerprint density at radius 1 is 1.55 bits per heavy atom. The number of imidazole rings is 1. The summed E-state index contributed by atoms with van der Waals surface area (Å²) in [4.78, 5) is 43.7. The summed E-state index contributed by atoms with van der Waals surface area (Å²) in [5.74, 6) is -0.136. The molecule has 1 unspecified atom stereocenters. The van der Waals surface area contributed by atoms with E-state index in [0.29, 0.717) is 0 Å². The van der Waals surface area contributed by atoms with Gasteiger partial charge in [0.05, 0.1) is 6.16 Å². The van der Waals surface area contributed by atoms with Crippen molar-refractivity contribution < 1.29 is 24.3 Å². The Morgan fingerprint density at radius 2 is 2.25 bits per heavy atom. The van der Waals surface area contributed by atoms with Crippen molar-refractivity contribution in [2.45, 2.75) is 6.10 Å². The molecule has 1 atom stereocenters. The fraction of sp³-hybridized carbons (Fsp3) is 0.375. The van der Waals surface area contributed by atoms with Gasteiger partial charge in [0.25, 0.3) is 5.56 Å². The highest BCUT2D eigenvalue weighted by molar-refractivity contribution is 7.51. The second kappa shape index (κ2) is 5.21. The number of nitrogens with two attached hydrogens (primary N) is 1. The lowest BCUT2D eigenvalue weighted by Gasteiger charge is -2.12. The molecule has 11 nitrogen and oxygen atoms in total. The molecular formula is C8H12N5O6P. The van der Waals surface area contributed by atoms with Crippen LogP contribution in [0.2, 0.25) is 0 Å². The number of nitrogen functional groups attached to an aromatic ring is 1. The van der Waals surface area contributed by atoms with Crippen molar-refractivity contribution in [2.24, 2.45) is 0 Å². The second-order valence-corrected chi connectivity index (χ2v) is 5.69. The Hall–Kier alpha value is -1.94. The van der Waals surface area contributed by atoms with Crippen LogP contribution in [0.4, 0.5) is 5.95 Å². The highest BCUT2D eigenvalue weighted by Gasteiger charge is 2.20. The maximum absolute atomic E-state index is 11.5. The third kappa shape index (κ3) is 3.33. The van der Waals surface area contributed by atoms with E-state index < -0.39 is 32.0 Å². The number of aliphatic hydroxyl groups excluding tert-OH is 1. The van der Waals surface area contributed by atoms with Gasteiger partial charge in [0.2, 0.25) is 11.6 Å². The van der Waals surface area contributed by atoms with Gasteiger partial charge >= 0.3 is 7.60 Å². The summed E-state index contributed by atoms with van der Waals surface area (Å²) in [5, 5.41) is 9.40. The molecule has 0 saturated carbocycles. The van der Waals surface area contributed by atoms with E-state index >= 15 is 0 Å². The van der Waals surface area contributed by atoms with Gasteiger partial charge in [0.1, 0.15) is 19.0 Å². The molecule has 6 N–H and O–H groups in total. The molecule has 0 spiro atoms. The maximum atomic E-state index is 11.5. The number of H-pyrrole nitrogens is 1. The van der Waals surface area contributed by atoms with E-state index in [9.17, 15) is 14.5 Å². The van der Waals surface area contributed by atoms with Crippen LogP contribution in [0.15, 0.2) is 11.1 Å². The Morgan fingerprint density at radius 3 is 2.90 bits per heavy atom. The second-order valence-electron chi connectivity index (χ2n) is 3.99. The number of hydrogen-bond donors (Lipinski definition) is 5. The van der Waals surface area contributed by atoms with Crippen molar-refractivity contribution in [2.75, 3.05) is 18.5 Å². The zero-order chi connectivity index (χ0) is 14.9. The summed E-state index contributed by atoms with van der Waals surface area (Å²) in [6.07, 6.45) is -0.987. The topological polar surface area (TPSA) is 177 Å². The highest BCUT2D eigenvalue weighted by Crippen LogP contribution is 2.34. The molecule has 110 valence electrons. The normalized spacial score (nSPS) is 13.6. The third-order valence-corrected chi connectivity index (χ3v) is 3.15. The molecule has 2 aromatic heterocycles. The first-order valence-corrected chi connectivity index (χ1v) is 7.15. The van der Waals surface area contributed by atoms with Crippen LogP contribution >= 0.6 is 7.60 Å². The summed E-state index contributed by atoms with van der Waals surface area (Å²) in [5.41, 5.74) is 4.85. The minimum absolute atomic E-state index is 0.0105. The van der Waals surface area contributed by atoms with Gasteiger partial charge in [-0.3, -0.25) is 14.3 Å². The van der Waals surface area contributed by atoms with E-state index in [4.69, 9.17) is 20.4 Å². The molecule has 0 aliphatic carbocycles. The number of aromatic nitrogens is 4. The van der Waals surface area contributed by atoms with Crippen molar-refractivity contribution >= 4 is 24.7 Å². The average Bonchev–Trinajstić information content (AvgIpc) is 2.67. The van der Waals surface area contributed by atoms with Crippen LogP contribution in [0.3, 0.4) is 0 Å². The predicted molar refractivity (Wildman–Crippen MR) is 66.9 cm³/mol. The van der Waals surface area contributed by atoms with Crippen LogP contribution in [0.5, 0.6) is 0 Å². The van der Waals surface area contributed by atoms with E-state index in [1.807, 2.05) is 0 Å². The summed E-state index contributed by atoms with van der Waals surface area (Å²) in [6.45, 7) is -0.412. The number of fused-ring (bicyclic) bond motifs is 1. The minimum atomic E-state index is -4.34. The van der Waals surface area contributed by atoms with Gasteiger partial charge in [-0.15, -0.1) is 0 Å². The van der Waals surface area contributed by atoms with Crippen LogP contribution < -0.4 is 16.1 Å². The molecule has 0 aliphatic rings. The number of nitrogens with zero attached hydrogens (tertiary/aromatic N) is 3. The molecule has 2 rings (SSSR count). The molecule has 0 bridgehead atoms. The van der Waals surface area contributed by atoms with Gasteiger partial charge in [-0.1, -0.05) is 0 Å². The predicted octanol–water partition coefficient (Wildman–Crippen LogP) is -2.33. The molecule has 0 aliphatic heterocycles. The lowest BCUT2D eigenvalue weighted by Crippen LogP contribution is -2.26. The number of aromatic amines is 1. The van der Waals surface area contributed by atoms with E-state index in [-0.39, 0.29) is 17.1 Å². The maximum Gasteiger partial charge on any atom is 0.328 e. The standard InChI is InChI=1S/C8H12N5O6P/c9-8-11-6-5(7(15)12-8)10-3-13(6)19-1-4(14)2-20(16,17)18/h3-4,14H,1-2H2,(H2,16,17,18)(H3,9,11,12,15). The van der Waals surface area contributed by atoms with Crippen LogP contribution in [-0.2, 0) is 4.57 Å². The van der Waals surface area contributed by atoms with Gasteiger partial charge in [-0.25, -0.2) is 4.98 Å². The summed E-state index contributed by atoms with van der Waals surface area (Å²) in [7, 11) is -4.34. The number of anilines is 1. The summed E-state index contributed by atoms with van der Waals surface area (Å²) in [6, 6.07) is 0. The van der Waals surface area contributed by atoms with Crippen molar-refractivity contribution in [3.8, 4) is 0 Å². The van der Waals surface area contributed by atoms with Crippen LogP contribution in [0.1, 0.15) is 0 Å². The zero-order valence-electron chi connectivity index (χ0n) is 10.0. The Labute approximate surface area is 111 Å². The fourth-order valence-electron chi connectivity index (χ4n) is 1.49. The Kier molecular flexibility index (Phi) is 3.77. The summed E-state index contributed by atoms with van der Waals surface area (Å²) >= 11 is 0. The molecule has 2 heterocycles. The summed E-state index contributed by atoms with van der Waals surface area (Å²) < 4.78 is 11.7. The van der Waals surface area contributed by atoms with Crippen molar-refractivity contribution in [1.82, 2.24) is 19.7 Å². The largest absolute Gasteiger partial charge is 0.408 e. The van der Waals surface area contributed by atoms with Gasteiger partial charge in [0.15, 0.2) is 5.52 Å². The van der Waals surface area contributed by atoms with Crippen molar-refractivity contribution in [3.05, 3.63) is 16.7 Å². The molecule has 0 saturated heterocycles. The fourth-order valence-corrected chi connectivity index (χ4v) is 2.15. The van der Waals surface area contributed by atoms with E-state index in [1.54, 1.807) is 0 Å². The molecular weight excluding hydrogens is 293 g/mol. The number of rotatable bonds is 5. The molecule has 2 aromatic rings. The Balaban J connectivity index is 2.15. The average molecular weight is 305 g/mol. The Bertz CT molecular complexity index is 720. The van der Waals surface area contributed by atoms with Crippen LogP contribution in [0.25, 0.3) is 11.2 Å². The molecule has 0 fully saturated rings. The van der Waals surface area contributed by atoms with Crippen molar-refractivity contribution in [3.63, 3.8) is 0 Å². The van der Waals surface area contributed by atoms with Crippen LogP contribution in [-0.4, -0.2) is 53.4 Å². The molecule has 0 radical (unpaired) electrons. The van der Waals surface area contributed by atoms with E-state index in [1.165, 1.54) is 0 Å². The van der Waals surface area contributed by atoms with Crippen molar-refractivity contribution in [1.29, 1.82) is 0 Å². The van der Waals surface area contributed by atoms with Gasteiger partial charge in [-0.2, -0.15) is 9.71 Å². The SMILES string of the molecule is Nc1nc2c(ncn2OCC(O)CP(=O)(O)O)c(=O)[nH]1. The first-order valence-electron chi connectivity index (χ1n) is 5.35. The third-order valence-electron chi connectivity index (χ3n) is 2.25. The van der Waals surface area contributed by atoms with Gasteiger partial charge in [0, 0.05) is 0 Å². The number of aliphatic hydroxyl groups is 1. The van der Waals surface area contributed by atoms with Gasteiger partial charge in [-0.05, 0) is 0 Å². The first kappa shape index (κ1) is 14.5. The molecule has 0 aromatic carbocycles. The zero-order valence-corrected chi connectivity index (χ0v) is 10.9.